The molecule has 2 nitrogen and oxygen atoms in total. The van der Waals surface area contributed by atoms with Crippen LogP contribution in [0, 0.1) is 7.14 Å². The third-order valence-electron chi connectivity index (χ3n) is 1.97. The topological polar surface area (TPSA) is 22.0 Å². The zero-order chi connectivity index (χ0) is 10.8. The van der Waals surface area contributed by atoms with Crippen molar-refractivity contribution in [1.82, 2.24) is 4.57 Å². The number of hydrogen-bond donors (Lipinski definition) is 0. The Morgan fingerprint density at radius 1 is 1.07 bits per heavy atom. The summed E-state index contributed by atoms with van der Waals surface area (Å²) in [6.07, 6.45) is 1.85. The second kappa shape index (κ2) is 4.65. The van der Waals surface area contributed by atoms with Gasteiger partial charge in [-0.1, -0.05) is 18.2 Å². The summed E-state index contributed by atoms with van der Waals surface area (Å²) in [5.41, 5.74) is 0.932. The zero-order valence-corrected chi connectivity index (χ0v) is 12.0. The van der Waals surface area contributed by atoms with E-state index in [0.717, 1.165) is 12.8 Å². The van der Waals surface area contributed by atoms with Crippen molar-refractivity contribution in [2.24, 2.45) is 0 Å². The fourth-order valence-corrected chi connectivity index (χ4v) is 3.08. The van der Waals surface area contributed by atoms with Crippen LogP contribution in [-0.4, -0.2) is 4.57 Å². The predicted octanol–water partition coefficient (Wildman–Crippen LogP) is 3.05. The van der Waals surface area contributed by atoms with Crippen LogP contribution < -0.4 is 5.56 Å². The third kappa shape index (κ3) is 2.41. The van der Waals surface area contributed by atoms with Gasteiger partial charge >= 0.3 is 0 Å². The molecule has 1 aromatic heterocycles. The molecule has 1 heterocycles. The second-order valence-corrected chi connectivity index (χ2v) is 5.42. The van der Waals surface area contributed by atoms with E-state index < -0.39 is 0 Å². The van der Waals surface area contributed by atoms with Gasteiger partial charge in [0, 0.05) is 15.5 Å². The number of hydrogen-bond acceptors (Lipinski definition) is 1. The molecule has 0 spiro atoms. The number of pyridine rings is 1. The molecule has 0 aliphatic carbocycles. The molecule has 0 saturated heterocycles. The average Bonchev–Trinajstić information content (AvgIpc) is 2.24. The molecule has 0 N–H and O–H groups in total. The van der Waals surface area contributed by atoms with Crippen LogP contribution in [0.5, 0.6) is 0 Å². The van der Waals surface area contributed by atoms with Crippen LogP contribution >= 0.6 is 45.2 Å². The molecule has 15 heavy (non-hydrogen) atoms. The smallest absolute Gasteiger partial charge is 0.268 e. The van der Waals surface area contributed by atoms with Gasteiger partial charge in [0.15, 0.2) is 0 Å². The van der Waals surface area contributed by atoms with Gasteiger partial charge in [0.25, 0.3) is 5.56 Å². The van der Waals surface area contributed by atoms with E-state index in [-0.39, 0.29) is 5.56 Å². The van der Waals surface area contributed by atoms with Gasteiger partial charge in [-0.2, -0.15) is 0 Å². The highest BCUT2D eigenvalue weighted by Crippen LogP contribution is 2.10. The van der Waals surface area contributed by atoms with Gasteiger partial charge in [-0.05, 0) is 63.4 Å². The molecule has 0 fully saturated rings. The summed E-state index contributed by atoms with van der Waals surface area (Å²) in [7, 11) is 0. The molecule has 0 unspecified atom stereocenters. The standard InChI is InChI=1S/C11H7I2NO/c12-8-6-10(13)11(15)14(7-8)9-4-2-1-3-5-9/h1-7H. The Morgan fingerprint density at radius 2 is 1.73 bits per heavy atom. The normalized spacial score (nSPS) is 10.3. The molecule has 4 heteroatoms. The largest absolute Gasteiger partial charge is 0.282 e. The summed E-state index contributed by atoms with van der Waals surface area (Å²) in [5.74, 6) is 0. The second-order valence-electron chi connectivity index (χ2n) is 3.02. The molecule has 2 aromatic rings. The van der Waals surface area contributed by atoms with Crippen molar-refractivity contribution in [3.8, 4) is 5.69 Å². The minimum absolute atomic E-state index is 0.0298. The predicted molar refractivity (Wildman–Crippen MR) is 77.5 cm³/mol. The van der Waals surface area contributed by atoms with Crippen LogP contribution in [0.25, 0.3) is 5.69 Å². The number of para-hydroxylation sites is 1. The van der Waals surface area contributed by atoms with Crippen molar-refractivity contribution in [3.05, 3.63) is 60.1 Å². The lowest BCUT2D eigenvalue weighted by Gasteiger charge is -2.06. The first-order valence-electron chi connectivity index (χ1n) is 4.31. The maximum Gasteiger partial charge on any atom is 0.268 e. The number of benzene rings is 1. The molecule has 0 aliphatic rings. The van der Waals surface area contributed by atoms with E-state index in [0.29, 0.717) is 0 Å². The highest BCUT2D eigenvalue weighted by atomic mass is 127. The summed E-state index contributed by atoms with van der Waals surface area (Å²) >= 11 is 4.27. The first-order valence-corrected chi connectivity index (χ1v) is 6.47. The Labute approximate surface area is 115 Å². The Balaban J connectivity index is 2.69. The number of aromatic nitrogens is 1. The van der Waals surface area contributed by atoms with Gasteiger partial charge in [0.05, 0.1) is 3.57 Å². The van der Waals surface area contributed by atoms with E-state index in [1.165, 1.54) is 0 Å². The number of halogens is 2. The first kappa shape index (κ1) is 11.1. The van der Waals surface area contributed by atoms with Crippen molar-refractivity contribution in [2.45, 2.75) is 0 Å². The van der Waals surface area contributed by atoms with Crippen LogP contribution in [0.4, 0.5) is 0 Å². The van der Waals surface area contributed by atoms with Gasteiger partial charge in [-0.3, -0.25) is 9.36 Å². The third-order valence-corrected chi connectivity index (χ3v) is 3.34. The van der Waals surface area contributed by atoms with Crippen LogP contribution in [-0.2, 0) is 0 Å². The molecule has 0 bridgehead atoms. The zero-order valence-electron chi connectivity index (χ0n) is 7.65. The minimum atomic E-state index is 0.0298. The molecule has 0 radical (unpaired) electrons. The lowest BCUT2D eigenvalue weighted by atomic mass is 10.3. The average molecular weight is 423 g/mol. The molecular weight excluding hydrogens is 416 g/mol. The monoisotopic (exact) mass is 423 g/mol. The highest BCUT2D eigenvalue weighted by Gasteiger charge is 2.03. The van der Waals surface area contributed by atoms with E-state index in [9.17, 15) is 4.79 Å². The van der Waals surface area contributed by atoms with Crippen LogP contribution in [0.15, 0.2) is 47.4 Å². The lowest BCUT2D eigenvalue weighted by molar-refractivity contribution is 0.971. The molecule has 76 valence electrons. The van der Waals surface area contributed by atoms with Crippen LogP contribution in [0.1, 0.15) is 0 Å². The van der Waals surface area contributed by atoms with Crippen molar-refractivity contribution in [3.63, 3.8) is 0 Å². The van der Waals surface area contributed by atoms with Crippen LogP contribution in [0.2, 0.25) is 0 Å². The van der Waals surface area contributed by atoms with Gasteiger partial charge in [-0.25, -0.2) is 0 Å². The number of rotatable bonds is 1. The van der Waals surface area contributed by atoms with E-state index in [2.05, 4.69) is 45.2 Å². The van der Waals surface area contributed by atoms with Gasteiger partial charge in [0.2, 0.25) is 0 Å². The lowest BCUT2D eigenvalue weighted by Crippen LogP contribution is -2.20. The van der Waals surface area contributed by atoms with E-state index in [1.807, 2.05) is 42.6 Å². The molecular formula is C11H7I2NO. The van der Waals surface area contributed by atoms with Crippen molar-refractivity contribution >= 4 is 45.2 Å². The van der Waals surface area contributed by atoms with Gasteiger partial charge < -0.3 is 0 Å². The Bertz CT molecular complexity index is 534. The first-order chi connectivity index (χ1) is 7.18. The Hall–Kier alpha value is -0.370. The molecule has 0 atom stereocenters. The quantitative estimate of drug-likeness (QED) is 0.647. The van der Waals surface area contributed by atoms with Crippen LogP contribution in [0.3, 0.4) is 0 Å². The SMILES string of the molecule is O=c1c(I)cc(I)cn1-c1ccccc1. The molecule has 2 rings (SSSR count). The van der Waals surface area contributed by atoms with E-state index in [1.54, 1.807) is 4.57 Å². The minimum Gasteiger partial charge on any atom is -0.282 e. The van der Waals surface area contributed by atoms with E-state index >= 15 is 0 Å². The Kier molecular flexibility index (Phi) is 3.45. The van der Waals surface area contributed by atoms with E-state index in [4.69, 9.17) is 0 Å². The summed E-state index contributed by atoms with van der Waals surface area (Å²) in [6.45, 7) is 0. The van der Waals surface area contributed by atoms with Crippen molar-refractivity contribution in [2.75, 3.05) is 0 Å². The maximum atomic E-state index is 11.9. The fourth-order valence-electron chi connectivity index (χ4n) is 1.30. The molecule has 0 aliphatic heterocycles. The number of nitrogens with zero attached hydrogens (tertiary/aromatic N) is 1. The summed E-state index contributed by atoms with van der Waals surface area (Å²) in [4.78, 5) is 11.9. The summed E-state index contributed by atoms with van der Waals surface area (Å²) in [5, 5.41) is 0. The van der Waals surface area contributed by atoms with Gasteiger partial charge in [0.1, 0.15) is 0 Å². The Morgan fingerprint density at radius 3 is 2.40 bits per heavy atom. The highest BCUT2D eigenvalue weighted by molar-refractivity contribution is 14.1. The fraction of sp³-hybridized carbons (Fsp3) is 0. The molecule has 0 amide bonds. The van der Waals surface area contributed by atoms with Crippen molar-refractivity contribution < 1.29 is 0 Å². The summed E-state index contributed by atoms with van der Waals surface area (Å²) in [6, 6.07) is 11.5. The maximum absolute atomic E-state index is 11.9. The molecule has 1 aromatic carbocycles. The van der Waals surface area contributed by atoms with Crippen molar-refractivity contribution in [1.29, 1.82) is 0 Å². The summed E-state index contributed by atoms with van der Waals surface area (Å²) < 4.78 is 3.47. The van der Waals surface area contributed by atoms with Gasteiger partial charge in [-0.15, -0.1) is 0 Å². The molecule has 0 saturated carbocycles.